The number of likely N-dealkylation sites (tertiary alicyclic amines) is 1. The SMILES string of the molecule is COc1ncccc1C(=O)N1C[C@@H]2COC[C@]2(CN(C)C)C1.O=C(O)C(F)(F)F. The van der Waals surface area contributed by atoms with Gasteiger partial charge in [0.25, 0.3) is 5.91 Å². The molecule has 2 saturated heterocycles. The lowest BCUT2D eigenvalue weighted by Gasteiger charge is -2.30. The van der Waals surface area contributed by atoms with Crippen LogP contribution in [0.1, 0.15) is 10.4 Å². The number of carboxylic acids is 1. The third-order valence-corrected chi connectivity index (χ3v) is 4.88. The highest BCUT2D eigenvalue weighted by Gasteiger charge is 2.52. The van der Waals surface area contributed by atoms with Crippen LogP contribution >= 0.6 is 0 Å². The van der Waals surface area contributed by atoms with Crippen molar-refractivity contribution in [2.24, 2.45) is 11.3 Å². The lowest BCUT2D eigenvalue weighted by atomic mass is 9.81. The van der Waals surface area contributed by atoms with E-state index >= 15 is 0 Å². The molecule has 0 aliphatic carbocycles. The van der Waals surface area contributed by atoms with Gasteiger partial charge in [-0.15, -0.1) is 0 Å². The normalized spacial score (nSPS) is 23.4. The van der Waals surface area contributed by atoms with Gasteiger partial charge in [0.2, 0.25) is 5.88 Å². The van der Waals surface area contributed by atoms with Crippen LogP contribution in [0.5, 0.6) is 5.88 Å². The lowest BCUT2D eigenvalue weighted by molar-refractivity contribution is -0.192. The summed E-state index contributed by atoms with van der Waals surface area (Å²) in [5.41, 5.74) is 0.583. The summed E-state index contributed by atoms with van der Waals surface area (Å²) in [6.07, 6.45) is -3.45. The molecule has 3 heterocycles. The van der Waals surface area contributed by atoms with Gasteiger partial charge < -0.3 is 24.4 Å². The van der Waals surface area contributed by atoms with Crippen molar-refractivity contribution in [3.8, 4) is 5.88 Å². The smallest absolute Gasteiger partial charge is 0.480 e. The summed E-state index contributed by atoms with van der Waals surface area (Å²) in [4.78, 5) is 30.0. The molecule has 1 amide bonds. The number of carbonyl (C=O) groups is 2. The Hall–Kier alpha value is -2.40. The van der Waals surface area contributed by atoms with Gasteiger partial charge in [-0.25, -0.2) is 9.78 Å². The van der Waals surface area contributed by atoms with Crippen molar-refractivity contribution in [2.75, 3.05) is 54.1 Å². The van der Waals surface area contributed by atoms with Crippen LogP contribution in [0.25, 0.3) is 0 Å². The van der Waals surface area contributed by atoms with Gasteiger partial charge in [0.05, 0.1) is 20.3 Å². The molecular weight excluding hydrogens is 395 g/mol. The predicted octanol–water partition coefficient (Wildman–Crippen LogP) is 1.37. The third kappa shape index (κ3) is 5.36. The van der Waals surface area contributed by atoms with Crippen LogP contribution in [-0.4, -0.2) is 92.0 Å². The molecule has 0 spiro atoms. The van der Waals surface area contributed by atoms with Gasteiger partial charge in [-0.1, -0.05) is 0 Å². The number of carboxylic acid groups (broad SMARTS) is 1. The van der Waals surface area contributed by atoms with E-state index in [1.807, 2.05) is 4.90 Å². The second kappa shape index (κ2) is 8.95. The first-order valence-corrected chi connectivity index (χ1v) is 8.81. The fraction of sp³-hybridized carbons (Fsp3) is 0.611. The Morgan fingerprint density at radius 2 is 2.10 bits per heavy atom. The maximum atomic E-state index is 12.8. The Bertz CT molecular complexity index is 744. The average Bonchev–Trinajstić information content (AvgIpc) is 3.16. The minimum atomic E-state index is -5.08. The number of amides is 1. The summed E-state index contributed by atoms with van der Waals surface area (Å²) in [5.74, 6) is -1.96. The van der Waals surface area contributed by atoms with Gasteiger partial charge in [0.1, 0.15) is 5.56 Å². The van der Waals surface area contributed by atoms with E-state index in [1.165, 1.54) is 0 Å². The van der Waals surface area contributed by atoms with E-state index in [4.69, 9.17) is 19.4 Å². The number of methoxy groups -OCH3 is 1. The molecule has 2 atom stereocenters. The molecule has 8 nitrogen and oxygen atoms in total. The summed E-state index contributed by atoms with van der Waals surface area (Å²) >= 11 is 0. The van der Waals surface area contributed by atoms with Gasteiger partial charge in [-0.2, -0.15) is 13.2 Å². The van der Waals surface area contributed by atoms with E-state index in [0.717, 1.165) is 32.8 Å². The van der Waals surface area contributed by atoms with Crippen molar-refractivity contribution in [3.63, 3.8) is 0 Å². The highest BCUT2D eigenvalue weighted by Crippen LogP contribution is 2.42. The first-order chi connectivity index (χ1) is 13.5. The quantitative estimate of drug-likeness (QED) is 0.788. The number of hydrogen-bond acceptors (Lipinski definition) is 6. The number of pyridine rings is 1. The first-order valence-electron chi connectivity index (χ1n) is 8.81. The van der Waals surface area contributed by atoms with E-state index in [1.54, 1.807) is 25.4 Å². The molecule has 1 aromatic rings. The second-order valence-electron chi connectivity index (χ2n) is 7.36. The zero-order valence-electron chi connectivity index (χ0n) is 16.4. The summed E-state index contributed by atoms with van der Waals surface area (Å²) in [6, 6.07) is 3.54. The first kappa shape index (κ1) is 22.9. The van der Waals surface area contributed by atoms with Gasteiger partial charge in [0.15, 0.2) is 0 Å². The number of ether oxygens (including phenoxy) is 2. The minimum Gasteiger partial charge on any atom is -0.480 e. The third-order valence-electron chi connectivity index (χ3n) is 4.88. The number of aliphatic carboxylic acids is 1. The summed E-state index contributed by atoms with van der Waals surface area (Å²) in [7, 11) is 5.68. The predicted molar refractivity (Wildman–Crippen MR) is 95.7 cm³/mol. The Morgan fingerprint density at radius 3 is 2.66 bits per heavy atom. The van der Waals surface area contributed by atoms with Crippen molar-refractivity contribution in [1.29, 1.82) is 0 Å². The molecule has 1 aromatic heterocycles. The molecule has 0 radical (unpaired) electrons. The fourth-order valence-corrected chi connectivity index (χ4v) is 3.73. The number of aromatic nitrogens is 1. The van der Waals surface area contributed by atoms with Crippen LogP contribution in [0, 0.1) is 11.3 Å². The van der Waals surface area contributed by atoms with Crippen LogP contribution in [0.2, 0.25) is 0 Å². The number of carbonyl (C=O) groups excluding carboxylic acids is 1. The highest BCUT2D eigenvalue weighted by atomic mass is 19.4. The van der Waals surface area contributed by atoms with Crippen LogP contribution in [-0.2, 0) is 9.53 Å². The molecule has 162 valence electrons. The van der Waals surface area contributed by atoms with Crippen LogP contribution < -0.4 is 4.74 Å². The number of fused-ring (bicyclic) bond motifs is 1. The molecule has 0 saturated carbocycles. The largest absolute Gasteiger partial charge is 0.490 e. The fourth-order valence-electron chi connectivity index (χ4n) is 3.73. The van der Waals surface area contributed by atoms with Gasteiger partial charge in [-0.3, -0.25) is 4.79 Å². The number of halogens is 3. The lowest BCUT2D eigenvalue weighted by Crippen LogP contribution is -2.41. The van der Waals surface area contributed by atoms with E-state index in [2.05, 4.69) is 24.0 Å². The maximum absolute atomic E-state index is 12.8. The van der Waals surface area contributed by atoms with Gasteiger partial charge in [0, 0.05) is 37.2 Å². The van der Waals surface area contributed by atoms with Gasteiger partial charge in [-0.05, 0) is 26.2 Å². The molecule has 3 rings (SSSR count). The van der Waals surface area contributed by atoms with Crippen molar-refractivity contribution in [3.05, 3.63) is 23.9 Å². The van der Waals surface area contributed by atoms with Crippen molar-refractivity contribution < 1.29 is 37.3 Å². The van der Waals surface area contributed by atoms with Crippen LogP contribution in [0.4, 0.5) is 13.2 Å². The van der Waals surface area contributed by atoms with E-state index in [0.29, 0.717) is 17.4 Å². The summed E-state index contributed by atoms with van der Waals surface area (Å²) in [6.45, 7) is 3.87. The van der Waals surface area contributed by atoms with E-state index in [-0.39, 0.29) is 11.3 Å². The Kier molecular flexibility index (Phi) is 7.06. The molecule has 1 N–H and O–H groups in total. The Morgan fingerprint density at radius 1 is 1.45 bits per heavy atom. The summed E-state index contributed by atoms with van der Waals surface area (Å²) < 4.78 is 42.6. The highest BCUT2D eigenvalue weighted by molar-refractivity contribution is 5.96. The minimum absolute atomic E-state index is 0.00233. The second-order valence-corrected chi connectivity index (χ2v) is 7.36. The molecule has 11 heteroatoms. The van der Waals surface area contributed by atoms with E-state index < -0.39 is 12.1 Å². The molecule has 2 aliphatic rings. The molecule has 2 fully saturated rings. The van der Waals surface area contributed by atoms with Gasteiger partial charge >= 0.3 is 12.1 Å². The monoisotopic (exact) mass is 419 g/mol. The molecule has 29 heavy (non-hydrogen) atoms. The molecule has 2 aliphatic heterocycles. The van der Waals surface area contributed by atoms with Crippen LogP contribution in [0.3, 0.4) is 0 Å². The standard InChI is InChI=1S/C16H23N3O3.C2HF3O2/c1-18(2)9-16-10-19(7-12(16)8-22-11-16)15(20)13-5-4-6-17-14(13)21-3;3-2(4,5)1(6)7/h4-6,12H,7-11H2,1-3H3;(H,6,7)/t12-,16+;/m1./s1. The molecule has 0 bridgehead atoms. The van der Waals surface area contributed by atoms with Crippen molar-refractivity contribution in [2.45, 2.75) is 6.18 Å². The van der Waals surface area contributed by atoms with E-state index in [9.17, 15) is 18.0 Å². The topological polar surface area (TPSA) is 92.2 Å². The number of rotatable bonds is 4. The average molecular weight is 419 g/mol. The number of alkyl halides is 3. The Labute approximate surface area is 166 Å². The number of nitrogens with zero attached hydrogens (tertiary/aromatic N) is 3. The molecule has 0 unspecified atom stereocenters. The number of hydrogen-bond donors (Lipinski definition) is 1. The van der Waals surface area contributed by atoms with Crippen LogP contribution in [0.15, 0.2) is 18.3 Å². The Balaban J connectivity index is 0.000000370. The zero-order chi connectivity index (χ0) is 21.8. The zero-order valence-corrected chi connectivity index (χ0v) is 16.4. The van der Waals surface area contributed by atoms with Crippen molar-refractivity contribution >= 4 is 11.9 Å². The summed E-state index contributed by atoms with van der Waals surface area (Å²) in [5, 5.41) is 7.12. The van der Waals surface area contributed by atoms with Crippen molar-refractivity contribution in [1.82, 2.24) is 14.8 Å². The molecular formula is C18H24F3N3O5. The molecule has 0 aromatic carbocycles. The maximum Gasteiger partial charge on any atom is 0.490 e.